The Morgan fingerprint density at radius 3 is 2.24 bits per heavy atom. The first-order valence-corrected chi connectivity index (χ1v) is 9.43. The van der Waals surface area contributed by atoms with E-state index in [9.17, 15) is 19.5 Å². The molecule has 2 aromatic carbocycles. The number of carboxylic acid groups (broad SMARTS) is 1. The predicted molar refractivity (Wildman–Crippen MR) is 106 cm³/mol. The summed E-state index contributed by atoms with van der Waals surface area (Å²) < 4.78 is 0. The molecule has 0 saturated carbocycles. The molecule has 150 valence electrons. The van der Waals surface area contributed by atoms with Gasteiger partial charge >= 0.3 is 5.97 Å². The smallest absolute Gasteiger partial charge is 0.339 e. The van der Waals surface area contributed by atoms with Crippen molar-refractivity contribution in [2.75, 3.05) is 36.0 Å². The molecule has 4 rings (SSSR count). The molecule has 2 heterocycles. The van der Waals surface area contributed by atoms with Crippen molar-refractivity contribution < 1.29 is 24.6 Å². The van der Waals surface area contributed by atoms with Gasteiger partial charge in [-0.25, -0.2) is 9.69 Å². The lowest BCUT2D eigenvalue weighted by molar-refractivity contribution is -0.123. The van der Waals surface area contributed by atoms with E-state index in [4.69, 9.17) is 5.11 Å². The number of carboxylic acids is 1. The number of phenols is 1. The number of anilines is 2. The number of hydrogen-bond donors (Lipinski definition) is 2. The zero-order chi connectivity index (χ0) is 20.5. The highest BCUT2D eigenvalue weighted by Gasteiger charge is 2.43. The summed E-state index contributed by atoms with van der Waals surface area (Å²) in [5.41, 5.74) is 1.05. The summed E-state index contributed by atoms with van der Waals surface area (Å²) in [7, 11) is 0. The van der Waals surface area contributed by atoms with E-state index in [-0.39, 0.29) is 29.5 Å². The van der Waals surface area contributed by atoms with Gasteiger partial charge in [0.05, 0.1) is 18.2 Å². The average Bonchev–Trinajstić information content (AvgIpc) is 3.02. The minimum absolute atomic E-state index is 0.0750. The van der Waals surface area contributed by atoms with Crippen molar-refractivity contribution in [1.82, 2.24) is 4.90 Å². The molecule has 0 bridgehead atoms. The minimum atomic E-state index is -1.28. The normalized spacial score (nSPS) is 20.3. The average molecular weight is 395 g/mol. The van der Waals surface area contributed by atoms with Gasteiger partial charge in [-0.3, -0.25) is 14.5 Å². The molecule has 1 atom stereocenters. The highest BCUT2D eigenvalue weighted by atomic mass is 16.4. The topological polar surface area (TPSA) is 101 Å². The Kier molecular flexibility index (Phi) is 4.94. The summed E-state index contributed by atoms with van der Waals surface area (Å²) in [4.78, 5) is 41.8. The number of hydrogen-bond acceptors (Lipinski definition) is 6. The maximum absolute atomic E-state index is 12.9. The van der Waals surface area contributed by atoms with Crippen molar-refractivity contribution in [2.45, 2.75) is 12.5 Å². The van der Waals surface area contributed by atoms with Crippen LogP contribution in [0.2, 0.25) is 0 Å². The lowest BCUT2D eigenvalue weighted by atomic mass is 10.1. The van der Waals surface area contributed by atoms with Crippen molar-refractivity contribution in [1.29, 1.82) is 0 Å². The molecule has 2 aliphatic heterocycles. The summed E-state index contributed by atoms with van der Waals surface area (Å²) >= 11 is 0. The van der Waals surface area contributed by atoms with Crippen molar-refractivity contribution in [3.8, 4) is 5.75 Å². The predicted octanol–water partition coefficient (Wildman–Crippen LogP) is 1.54. The van der Waals surface area contributed by atoms with Crippen LogP contribution in [0.1, 0.15) is 16.8 Å². The summed E-state index contributed by atoms with van der Waals surface area (Å²) in [6.45, 7) is 2.84. The van der Waals surface area contributed by atoms with Crippen LogP contribution in [0.3, 0.4) is 0 Å². The van der Waals surface area contributed by atoms with Crippen LogP contribution in [-0.2, 0) is 9.59 Å². The van der Waals surface area contributed by atoms with E-state index in [0.717, 1.165) is 29.7 Å². The first kappa shape index (κ1) is 18.9. The number of carbonyl (C=O) groups excluding carboxylic acids is 2. The number of benzene rings is 2. The summed E-state index contributed by atoms with van der Waals surface area (Å²) in [6.07, 6.45) is 0.0750. The second-order valence-electron chi connectivity index (χ2n) is 7.15. The third-order valence-electron chi connectivity index (χ3n) is 5.47. The standard InChI is InChI=1S/C21H21N3O5/c25-18-12-15(6-7-16(18)21(28)29)24-19(26)13-17(20(24)27)23-10-8-22(9-11-23)14-4-2-1-3-5-14/h1-7,12,17,25H,8-11,13H2,(H,28,29). The SMILES string of the molecule is O=C(O)c1ccc(N2C(=O)CC(N3CCN(c4ccccc4)CC3)C2=O)cc1O. The van der Waals surface area contributed by atoms with Gasteiger partial charge in [-0.05, 0) is 24.3 Å². The van der Waals surface area contributed by atoms with Gasteiger partial charge in [0.2, 0.25) is 5.91 Å². The van der Waals surface area contributed by atoms with Crippen molar-refractivity contribution in [2.24, 2.45) is 0 Å². The second kappa shape index (κ2) is 7.56. The lowest BCUT2D eigenvalue weighted by Gasteiger charge is -2.38. The first-order valence-electron chi connectivity index (χ1n) is 9.43. The van der Waals surface area contributed by atoms with E-state index in [1.807, 2.05) is 23.1 Å². The van der Waals surface area contributed by atoms with E-state index in [0.29, 0.717) is 13.1 Å². The van der Waals surface area contributed by atoms with Gasteiger partial charge in [-0.2, -0.15) is 0 Å². The molecule has 0 aromatic heterocycles. The molecular weight excluding hydrogens is 374 g/mol. The Labute approximate surface area is 167 Å². The molecule has 8 nitrogen and oxygen atoms in total. The Balaban J connectivity index is 1.46. The van der Waals surface area contributed by atoms with E-state index < -0.39 is 17.8 Å². The largest absolute Gasteiger partial charge is 0.507 e. The lowest BCUT2D eigenvalue weighted by Crippen LogP contribution is -2.52. The van der Waals surface area contributed by atoms with Crippen LogP contribution in [0.15, 0.2) is 48.5 Å². The molecule has 1 unspecified atom stereocenters. The number of imide groups is 1. The van der Waals surface area contributed by atoms with Gasteiger partial charge in [0.1, 0.15) is 11.3 Å². The molecule has 0 radical (unpaired) electrons. The fourth-order valence-electron chi connectivity index (χ4n) is 3.94. The quantitative estimate of drug-likeness (QED) is 0.758. The summed E-state index contributed by atoms with van der Waals surface area (Å²) in [5.74, 6) is -2.45. The van der Waals surface area contributed by atoms with Crippen molar-refractivity contribution in [3.63, 3.8) is 0 Å². The van der Waals surface area contributed by atoms with Gasteiger partial charge in [0.15, 0.2) is 0 Å². The van der Waals surface area contributed by atoms with Crippen LogP contribution < -0.4 is 9.80 Å². The molecule has 29 heavy (non-hydrogen) atoms. The number of nitrogens with zero attached hydrogens (tertiary/aromatic N) is 3. The third kappa shape index (κ3) is 3.54. The Morgan fingerprint density at radius 1 is 0.931 bits per heavy atom. The molecule has 0 aliphatic carbocycles. The fraction of sp³-hybridized carbons (Fsp3) is 0.286. The molecule has 2 N–H and O–H groups in total. The molecule has 2 aliphatic rings. The van der Waals surface area contributed by atoms with E-state index in [1.165, 1.54) is 12.1 Å². The van der Waals surface area contributed by atoms with E-state index in [1.54, 1.807) is 0 Å². The van der Waals surface area contributed by atoms with Crippen LogP contribution in [0.5, 0.6) is 5.75 Å². The highest BCUT2D eigenvalue weighted by Crippen LogP contribution is 2.30. The van der Waals surface area contributed by atoms with Gasteiger partial charge < -0.3 is 15.1 Å². The molecule has 2 saturated heterocycles. The van der Waals surface area contributed by atoms with Gasteiger partial charge in [0, 0.05) is 37.9 Å². The molecule has 2 amide bonds. The molecule has 2 fully saturated rings. The van der Waals surface area contributed by atoms with Crippen LogP contribution >= 0.6 is 0 Å². The second-order valence-corrected chi connectivity index (χ2v) is 7.15. The zero-order valence-electron chi connectivity index (χ0n) is 15.7. The fourth-order valence-corrected chi connectivity index (χ4v) is 3.94. The minimum Gasteiger partial charge on any atom is -0.507 e. The Morgan fingerprint density at radius 2 is 1.62 bits per heavy atom. The van der Waals surface area contributed by atoms with Gasteiger partial charge in [0.25, 0.3) is 5.91 Å². The Bertz CT molecular complexity index is 954. The number of carbonyl (C=O) groups is 3. The number of aromatic carboxylic acids is 1. The maximum Gasteiger partial charge on any atom is 0.339 e. The monoisotopic (exact) mass is 395 g/mol. The number of piperazine rings is 1. The van der Waals surface area contributed by atoms with Crippen LogP contribution in [-0.4, -0.2) is 65.1 Å². The van der Waals surface area contributed by atoms with Crippen LogP contribution in [0.25, 0.3) is 0 Å². The molecule has 2 aromatic rings. The van der Waals surface area contributed by atoms with E-state index in [2.05, 4.69) is 17.0 Å². The summed E-state index contributed by atoms with van der Waals surface area (Å²) in [5, 5.41) is 18.9. The molecular formula is C21H21N3O5. The number of amides is 2. The molecule has 0 spiro atoms. The highest BCUT2D eigenvalue weighted by molar-refractivity contribution is 6.22. The van der Waals surface area contributed by atoms with Crippen molar-refractivity contribution >= 4 is 29.2 Å². The van der Waals surface area contributed by atoms with Crippen LogP contribution in [0, 0.1) is 0 Å². The first-order chi connectivity index (χ1) is 14.0. The van der Waals surface area contributed by atoms with Gasteiger partial charge in [-0.1, -0.05) is 18.2 Å². The van der Waals surface area contributed by atoms with E-state index >= 15 is 0 Å². The molecule has 8 heteroatoms. The number of aromatic hydroxyl groups is 1. The summed E-state index contributed by atoms with van der Waals surface area (Å²) in [6, 6.07) is 13.2. The van der Waals surface area contributed by atoms with Gasteiger partial charge in [-0.15, -0.1) is 0 Å². The number of para-hydroxylation sites is 1. The zero-order valence-corrected chi connectivity index (χ0v) is 15.7. The maximum atomic E-state index is 12.9. The van der Waals surface area contributed by atoms with Crippen LogP contribution in [0.4, 0.5) is 11.4 Å². The van der Waals surface area contributed by atoms with Crippen molar-refractivity contribution in [3.05, 3.63) is 54.1 Å². The Hall–Kier alpha value is -3.39. The number of rotatable bonds is 4. The third-order valence-corrected chi connectivity index (χ3v) is 5.47.